The summed E-state index contributed by atoms with van der Waals surface area (Å²) in [5, 5.41) is 10.6. The van der Waals surface area contributed by atoms with Crippen LogP contribution in [0, 0.1) is 10.1 Å². The van der Waals surface area contributed by atoms with E-state index in [1.54, 1.807) is 24.3 Å². The highest BCUT2D eigenvalue weighted by Gasteiger charge is 2.61. The van der Waals surface area contributed by atoms with E-state index in [9.17, 15) is 10.1 Å². The maximum absolute atomic E-state index is 10.6. The van der Waals surface area contributed by atoms with E-state index in [0.29, 0.717) is 11.5 Å². The largest absolute Gasteiger partial charge is 0.439 e. The Morgan fingerprint density at radius 2 is 1.71 bits per heavy atom. The SMILES string of the molecule is O=[N+]([O-])CC1(C(Cl)(Cl)Cl)Oc2ccccc2O1. The molecule has 1 aromatic carbocycles. The van der Waals surface area contributed by atoms with Gasteiger partial charge in [0.05, 0.1) is 0 Å². The van der Waals surface area contributed by atoms with Crippen LogP contribution in [-0.4, -0.2) is 21.0 Å². The molecule has 0 amide bonds. The second kappa shape index (κ2) is 4.08. The zero-order chi connectivity index (χ0) is 12.7. The highest BCUT2D eigenvalue weighted by Crippen LogP contribution is 2.49. The minimum absolute atomic E-state index is 0.306. The third-order valence-electron chi connectivity index (χ3n) is 2.17. The Balaban J connectivity index is 2.38. The molecular weight excluding hydrogens is 292 g/mol. The highest BCUT2D eigenvalue weighted by molar-refractivity contribution is 6.68. The number of benzene rings is 1. The first-order valence-electron chi connectivity index (χ1n) is 4.50. The predicted molar refractivity (Wildman–Crippen MR) is 62.6 cm³/mol. The number of halogens is 3. The van der Waals surface area contributed by atoms with Gasteiger partial charge in [0, 0.05) is 4.92 Å². The van der Waals surface area contributed by atoms with Crippen molar-refractivity contribution >= 4 is 34.8 Å². The molecule has 1 aromatic rings. The molecule has 1 aliphatic heterocycles. The maximum Gasteiger partial charge on any atom is 0.365 e. The molecule has 0 unspecified atom stereocenters. The molecule has 0 saturated carbocycles. The van der Waals surface area contributed by atoms with Crippen LogP contribution in [0.5, 0.6) is 11.5 Å². The normalized spacial score (nSPS) is 16.9. The van der Waals surface area contributed by atoms with Gasteiger partial charge in [-0.05, 0) is 12.1 Å². The fourth-order valence-electron chi connectivity index (χ4n) is 1.43. The smallest absolute Gasteiger partial charge is 0.365 e. The molecule has 0 aromatic heterocycles. The minimum atomic E-state index is -2.08. The van der Waals surface area contributed by atoms with Crippen LogP contribution in [-0.2, 0) is 0 Å². The summed E-state index contributed by atoms with van der Waals surface area (Å²) >= 11 is 17.1. The van der Waals surface area contributed by atoms with E-state index in [4.69, 9.17) is 44.3 Å². The monoisotopic (exact) mass is 297 g/mol. The van der Waals surface area contributed by atoms with E-state index in [0.717, 1.165) is 0 Å². The van der Waals surface area contributed by atoms with Crippen LogP contribution in [0.1, 0.15) is 0 Å². The van der Waals surface area contributed by atoms with Gasteiger partial charge >= 0.3 is 5.79 Å². The van der Waals surface area contributed by atoms with Gasteiger partial charge in [-0.25, -0.2) is 0 Å². The van der Waals surface area contributed by atoms with Gasteiger partial charge < -0.3 is 9.47 Å². The molecule has 0 fully saturated rings. The molecule has 17 heavy (non-hydrogen) atoms. The number of nitro groups is 1. The van der Waals surface area contributed by atoms with E-state index in [-0.39, 0.29) is 0 Å². The molecule has 0 radical (unpaired) electrons. The third-order valence-corrected chi connectivity index (χ3v) is 3.03. The van der Waals surface area contributed by atoms with Gasteiger partial charge in [0.1, 0.15) is 0 Å². The van der Waals surface area contributed by atoms with E-state index in [2.05, 4.69) is 0 Å². The van der Waals surface area contributed by atoms with Gasteiger partial charge in [-0.2, -0.15) is 0 Å². The molecule has 2 rings (SSSR count). The molecule has 1 heterocycles. The zero-order valence-corrected chi connectivity index (χ0v) is 10.5. The molecule has 1 aliphatic rings. The van der Waals surface area contributed by atoms with E-state index in [1.807, 2.05) is 0 Å². The predicted octanol–water partition coefficient (Wildman–Crippen LogP) is 2.80. The number of alkyl halides is 3. The lowest BCUT2D eigenvalue weighted by Crippen LogP contribution is -2.55. The average molecular weight is 299 g/mol. The number of para-hydroxylation sites is 2. The highest BCUT2D eigenvalue weighted by atomic mass is 35.6. The summed E-state index contributed by atoms with van der Waals surface area (Å²) in [6, 6.07) is 6.52. The van der Waals surface area contributed by atoms with Crippen molar-refractivity contribution in [1.29, 1.82) is 0 Å². The second-order valence-corrected chi connectivity index (χ2v) is 5.67. The summed E-state index contributed by atoms with van der Waals surface area (Å²) in [6.07, 6.45) is 0. The Morgan fingerprint density at radius 1 is 1.24 bits per heavy atom. The molecule has 0 N–H and O–H groups in total. The summed E-state index contributed by atoms with van der Waals surface area (Å²) in [5.41, 5.74) is 0. The van der Waals surface area contributed by atoms with Crippen LogP contribution < -0.4 is 9.47 Å². The van der Waals surface area contributed by atoms with Crippen LogP contribution >= 0.6 is 34.8 Å². The van der Waals surface area contributed by atoms with Crippen LogP contribution in [0.15, 0.2) is 24.3 Å². The Hall–Kier alpha value is -0.910. The molecule has 0 atom stereocenters. The van der Waals surface area contributed by atoms with E-state index >= 15 is 0 Å². The number of fused-ring (bicyclic) bond motifs is 1. The number of rotatable bonds is 2. The van der Waals surface area contributed by atoms with Crippen molar-refractivity contribution in [1.82, 2.24) is 0 Å². The van der Waals surface area contributed by atoms with Gasteiger partial charge in [-0.3, -0.25) is 10.1 Å². The quantitative estimate of drug-likeness (QED) is 0.478. The Bertz CT molecular complexity index is 435. The van der Waals surface area contributed by atoms with Crippen molar-refractivity contribution in [2.24, 2.45) is 0 Å². The fourth-order valence-corrected chi connectivity index (χ4v) is 1.85. The average Bonchev–Trinajstić information content (AvgIpc) is 2.54. The van der Waals surface area contributed by atoms with Gasteiger partial charge in [0.15, 0.2) is 11.5 Å². The van der Waals surface area contributed by atoms with E-state index < -0.39 is 21.0 Å². The summed E-state index contributed by atoms with van der Waals surface area (Å²) in [5.74, 6) is -1.33. The molecule has 0 bridgehead atoms. The Kier molecular flexibility index (Phi) is 3.01. The van der Waals surface area contributed by atoms with Crippen molar-refractivity contribution in [3.8, 4) is 11.5 Å². The lowest BCUT2D eigenvalue weighted by Gasteiger charge is -2.29. The second-order valence-electron chi connectivity index (χ2n) is 3.39. The van der Waals surface area contributed by atoms with Gasteiger partial charge in [-0.15, -0.1) is 0 Å². The first-order valence-corrected chi connectivity index (χ1v) is 5.63. The summed E-state index contributed by atoms with van der Waals surface area (Å²) in [7, 11) is 0. The Labute approximate surface area is 111 Å². The molecule has 0 saturated heterocycles. The summed E-state index contributed by atoms with van der Waals surface area (Å²) in [4.78, 5) is 9.97. The summed E-state index contributed by atoms with van der Waals surface area (Å²) in [6.45, 7) is -0.780. The topological polar surface area (TPSA) is 61.6 Å². The van der Waals surface area contributed by atoms with Crippen LogP contribution in [0.25, 0.3) is 0 Å². The number of nitrogens with zero attached hydrogens (tertiary/aromatic N) is 1. The van der Waals surface area contributed by atoms with Crippen molar-refractivity contribution in [2.45, 2.75) is 9.58 Å². The van der Waals surface area contributed by atoms with Crippen molar-refractivity contribution < 1.29 is 14.4 Å². The zero-order valence-electron chi connectivity index (χ0n) is 8.23. The molecule has 5 nitrogen and oxygen atoms in total. The van der Waals surface area contributed by atoms with Crippen molar-refractivity contribution in [3.63, 3.8) is 0 Å². The van der Waals surface area contributed by atoms with Crippen LogP contribution in [0.3, 0.4) is 0 Å². The number of hydrogen-bond acceptors (Lipinski definition) is 4. The number of ether oxygens (including phenoxy) is 2. The minimum Gasteiger partial charge on any atom is -0.439 e. The van der Waals surface area contributed by atoms with E-state index in [1.165, 1.54) is 0 Å². The third kappa shape index (κ3) is 2.22. The summed E-state index contributed by atoms with van der Waals surface area (Å²) < 4.78 is 8.54. The molecule has 0 aliphatic carbocycles. The lowest BCUT2D eigenvalue weighted by atomic mass is 10.3. The van der Waals surface area contributed by atoms with Crippen molar-refractivity contribution in [3.05, 3.63) is 34.4 Å². The number of hydrogen-bond donors (Lipinski definition) is 0. The van der Waals surface area contributed by atoms with Crippen LogP contribution in [0.4, 0.5) is 0 Å². The standard InChI is InChI=1S/C9H6Cl3NO4/c10-9(11,12)8(5-13(14)15)16-6-3-1-2-4-7(6)17-8/h1-4H,5H2. The first kappa shape index (κ1) is 12.5. The molecule has 0 spiro atoms. The van der Waals surface area contributed by atoms with Crippen LogP contribution in [0.2, 0.25) is 0 Å². The van der Waals surface area contributed by atoms with Gasteiger partial charge in [0.2, 0.25) is 0 Å². The molecular formula is C9H6Cl3NO4. The maximum atomic E-state index is 10.6. The molecule has 8 heteroatoms. The fraction of sp³-hybridized carbons (Fsp3) is 0.333. The first-order chi connectivity index (χ1) is 7.84. The molecule has 92 valence electrons. The van der Waals surface area contributed by atoms with Gasteiger partial charge in [-0.1, -0.05) is 46.9 Å². The Morgan fingerprint density at radius 3 is 2.06 bits per heavy atom. The van der Waals surface area contributed by atoms with Gasteiger partial charge in [0.25, 0.3) is 10.3 Å². The lowest BCUT2D eigenvalue weighted by molar-refractivity contribution is -0.509. The van der Waals surface area contributed by atoms with Crippen molar-refractivity contribution in [2.75, 3.05) is 6.54 Å².